The fraction of sp³-hybridized carbons (Fsp3) is 0.500. The minimum Gasteiger partial charge on any atom is -0.469 e. The Hall–Kier alpha value is -1.31. The lowest BCUT2D eigenvalue weighted by Gasteiger charge is -2.10. The molecule has 1 aromatic rings. The summed E-state index contributed by atoms with van der Waals surface area (Å²) in [4.78, 5) is 11.3. The summed E-state index contributed by atoms with van der Waals surface area (Å²) in [5, 5.41) is 0. The molecule has 1 atom stereocenters. The van der Waals surface area contributed by atoms with Crippen LogP contribution < -0.4 is 0 Å². The maximum atomic E-state index is 11.3. The van der Waals surface area contributed by atoms with Gasteiger partial charge in [-0.05, 0) is 30.9 Å². The second kappa shape index (κ2) is 6.31. The van der Waals surface area contributed by atoms with Gasteiger partial charge in [-0.2, -0.15) is 0 Å². The third-order valence-electron chi connectivity index (χ3n) is 2.85. The molecular weight excluding hydrogens is 200 g/mol. The third-order valence-corrected chi connectivity index (χ3v) is 2.85. The molecule has 0 unspecified atom stereocenters. The Morgan fingerprint density at radius 1 is 1.31 bits per heavy atom. The average Bonchev–Trinajstić information content (AvgIpc) is 2.35. The molecule has 0 aliphatic carbocycles. The van der Waals surface area contributed by atoms with Gasteiger partial charge in [0.05, 0.1) is 13.0 Å². The van der Waals surface area contributed by atoms with E-state index in [2.05, 4.69) is 19.1 Å². The zero-order valence-corrected chi connectivity index (χ0v) is 10.3. The summed E-state index contributed by atoms with van der Waals surface area (Å²) < 4.78 is 4.72. The predicted octanol–water partition coefficient (Wildman–Crippen LogP) is 3.31. The van der Waals surface area contributed by atoms with Crippen LogP contribution in [0.25, 0.3) is 0 Å². The van der Waals surface area contributed by atoms with E-state index in [9.17, 15) is 4.79 Å². The molecule has 1 aromatic carbocycles. The zero-order valence-electron chi connectivity index (χ0n) is 10.3. The van der Waals surface area contributed by atoms with E-state index in [0.717, 1.165) is 12.0 Å². The number of unbranched alkanes of at least 4 members (excludes halogenated alkanes) is 1. The lowest BCUT2D eigenvalue weighted by Crippen LogP contribution is -2.10. The minimum atomic E-state index is -0.179. The predicted molar refractivity (Wildman–Crippen MR) is 65.5 cm³/mol. The van der Waals surface area contributed by atoms with E-state index in [1.54, 1.807) is 0 Å². The summed E-state index contributed by atoms with van der Waals surface area (Å²) in [6.45, 7) is 4.06. The zero-order chi connectivity index (χ0) is 12.0. The van der Waals surface area contributed by atoms with E-state index in [1.807, 2.05) is 19.1 Å². The molecule has 0 bridgehead atoms. The lowest BCUT2D eigenvalue weighted by atomic mass is 9.98. The third kappa shape index (κ3) is 3.37. The second-order valence-electron chi connectivity index (χ2n) is 4.09. The first-order valence-corrected chi connectivity index (χ1v) is 5.85. The van der Waals surface area contributed by atoms with Crippen LogP contribution >= 0.6 is 0 Å². The molecular formula is C14H20O2. The largest absolute Gasteiger partial charge is 0.469 e. The van der Waals surface area contributed by atoms with Gasteiger partial charge in [0.1, 0.15) is 0 Å². The monoisotopic (exact) mass is 220 g/mol. The Morgan fingerprint density at radius 3 is 2.44 bits per heavy atom. The van der Waals surface area contributed by atoms with E-state index >= 15 is 0 Å². The summed E-state index contributed by atoms with van der Waals surface area (Å²) in [6, 6.07) is 8.24. The van der Waals surface area contributed by atoms with Gasteiger partial charge in [-0.25, -0.2) is 0 Å². The summed E-state index contributed by atoms with van der Waals surface area (Å²) in [7, 11) is 1.43. The highest BCUT2D eigenvalue weighted by atomic mass is 16.5. The number of aryl methyl sites for hydroxylation is 1. The molecule has 0 N–H and O–H groups in total. The number of hydrogen-bond acceptors (Lipinski definition) is 2. The van der Waals surface area contributed by atoms with Crippen molar-refractivity contribution in [1.29, 1.82) is 0 Å². The molecule has 0 fully saturated rings. The van der Waals surface area contributed by atoms with Crippen LogP contribution in [0.4, 0.5) is 0 Å². The van der Waals surface area contributed by atoms with Crippen LogP contribution in [0.15, 0.2) is 24.3 Å². The van der Waals surface area contributed by atoms with E-state index in [-0.39, 0.29) is 11.9 Å². The van der Waals surface area contributed by atoms with Crippen molar-refractivity contribution in [2.45, 2.75) is 39.0 Å². The molecule has 0 saturated heterocycles. The highest BCUT2D eigenvalue weighted by molar-refractivity contribution is 5.77. The molecule has 0 spiro atoms. The number of benzene rings is 1. The van der Waals surface area contributed by atoms with Crippen LogP contribution in [0.2, 0.25) is 0 Å². The van der Waals surface area contributed by atoms with Gasteiger partial charge in [-0.3, -0.25) is 4.79 Å². The summed E-state index contributed by atoms with van der Waals surface area (Å²) in [6.07, 6.45) is 3.54. The van der Waals surface area contributed by atoms with Crippen molar-refractivity contribution in [2.75, 3.05) is 7.11 Å². The number of hydrogen-bond donors (Lipinski definition) is 0. The Morgan fingerprint density at radius 2 is 1.94 bits per heavy atom. The number of rotatable bonds is 5. The van der Waals surface area contributed by atoms with Crippen molar-refractivity contribution in [1.82, 2.24) is 0 Å². The molecule has 1 rings (SSSR count). The first kappa shape index (κ1) is 12.8. The van der Waals surface area contributed by atoms with Gasteiger partial charge < -0.3 is 4.74 Å². The second-order valence-corrected chi connectivity index (χ2v) is 4.09. The number of carbonyl (C=O) groups excluding carboxylic acids is 1. The smallest absolute Gasteiger partial charge is 0.312 e. The Kier molecular flexibility index (Phi) is 5.03. The number of carbonyl (C=O) groups is 1. The highest BCUT2D eigenvalue weighted by Gasteiger charge is 2.14. The SMILES string of the molecule is CCCCc1ccc([C@H](C)C(=O)OC)cc1. The maximum Gasteiger partial charge on any atom is 0.312 e. The van der Waals surface area contributed by atoms with Crippen LogP contribution in [0.1, 0.15) is 43.7 Å². The highest BCUT2D eigenvalue weighted by Crippen LogP contribution is 2.17. The van der Waals surface area contributed by atoms with E-state index in [1.165, 1.54) is 25.5 Å². The van der Waals surface area contributed by atoms with Gasteiger partial charge >= 0.3 is 5.97 Å². The van der Waals surface area contributed by atoms with Crippen molar-refractivity contribution < 1.29 is 9.53 Å². The number of methoxy groups -OCH3 is 1. The van der Waals surface area contributed by atoms with Gasteiger partial charge in [-0.15, -0.1) is 0 Å². The Labute approximate surface area is 97.6 Å². The number of esters is 1. The molecule has 16 heavy (non-hydrogen) atoms. The molecule has 0 aliphatic rings. The van der Waals surface area contributed by atoms with Crippen molar-refractivity contribution in [3.63, 3.8) is 0 Å². The van der Waals surface area contributed by atoms with Crippen LogP contribution in [0, 0.1) is 0 Å². The van der Waals surface area contributed by atoms with Crippen molar-refractivity contribution in [2.24, 2.45) is 0 Å². The molecule has 0 heterocycles. The number of ether oxygens (including phenoxy) is 1. The maximum absolute atomic E-state index is 11.3. The van der Waals surface area contributed by atoms with Crippen molar-refractivity contribution in [3.8, 4) is 0 Å². The normalized spacial score (nSPS) is 12.2. The lowest BCUT2D eigenvalue weighted by molar-refractivity contribution is -0.141. The van der Waals surface area contributed by atoms with Crippen LogP contribution in [-0.2, 0) is 16.0 Å². The molecule has 0 aromatic heterocycles. The van der Waals surface area contributed by atoms with Crippen LogP contribution in [-0.4, -0.2) is 13.1 Å². The molecule has 2 nitrogen and oxygen atoms in total. The van der Waals surface area contributed by atoms with E-state index < -0.39 is 0 Å². The molecule has 2 heteroatoms. The quantitative estimate of drug-likeness (QED) is 0.712. The molecule has 0 aliphatic heterocycles. The molecule has 0 radical (unpaired) electrons. The van der Waals surface area contributed by atoms with Crippen molar-refractivity contribution >= 4 is 5.97 Å². The van der Waals surface area contributed by atoms with Gasteiger partial charge in [0, 0.05) is 0 Å². The summed E-state index contributed by atoms with van der Waals surface area (Å²) in [5.74, 6) is -0.355. The molecule has 0 amide bonds. The topological polar surface area (TPSA) is 26.3 Å². The fourth-order valence-corrected chi connectivity index (χ4v) is 1.67. The van der Waals surface area contributed by atoms with E-state index in [4.69, 9.17) is 4.74 Å². The average molecular weight is 220 g/mol. The minimum absolute atomic E-state index is 0.176. The van der Waals surface area contributed by atoms with Crippen molar-refractivity contribution in [3.05, 3.63) is 35.4 Å². The standard InChI is InChI=1S/C14H20O2/c1-4-5-6-12-7-9-13(10-8-12)11(2)14(15)16-3/h7-11H,4-6H2,1-3H3/t11-/m0/s1. The summed E-state index contributed by atoms with van der Waals surface area (Å²) in [5.41, 5.74) is 2.36. The first-order chi connectivity index (χ1) is 7.69. The Balaban J connectivity index is 2.67. The summed E-state index contributed by atoms with van der Waals surface area (Å²) >= 11 is 0. The van der Waals surface area contributed by atoms with Gasteiger partial charge in [0.2, 0.25) is 0 Å². The first-order valence-electron chi connectivity index (χ1n) is 5.85. The van der Waals surface area contributed by atoms with Gasteiger partial charge in [0.15, 0.2) is 0 Å². The molecule has 0 saturated carbocycles. The van der Waals surface area contributed by atoms with Gasteiger partial charge in [0.25, 0.3) is 0 Å². The molecule has 88 valence electrons. The van der Waals surface area contributed by atoms with Gasteiger partial charge in [-0.1, -0.05) is 37.6 Å². The van der Waals surface area contributed by atoms with Crippen LogP contribution in [0.5, 0.6) is 0 Å². The Bertz CT molecular complexity index is 327. The van der Waals surface area contributed by atoms with Crippen LogP contribution in [0.3, 0.4) is 0 Å². The fourth-order valence-electron chi connectivity index (χ4n) is 1.67. The van der Waals surface area contributed by atoms with E-state index in [0.29, 0.717) is 0 Å².